The molecule has 0 saturated heterocycles. The zero-order valence-corrected chi connectivity index (χ0v) is 14.4. The highest BCUT2D eigenvalue weighted by molar-refractivity contribution is 7.90. The predicted octanol–water partition coefficient (Wildman–Crippen LogP) is 1.96. The Labute approximate surface area is 145 Å². The second kappa shape index (κ2) is 6.11. The van der Waals surface area contributed by atoms with Crippen LogP contribution in [0.5, 0.6) is 0 Å². The molecule has 1 aromatic carbocycles. The molecule has 1 heterocycles. The first-order valence-corrected chi connectivity index (χ1v) is 9.79. The van der Waals surface area contributed by atoms with Gasteiger partial charge < -0.3 is 5.32 Å². The van der Waals surface area contributed by atoms with E-state index in [4.69, 9.17) is 0 Å². The van der Waals surface area contributed by atoms with Gasteiger partial charge in [-0.2, -0.15) is 8.42 Å². The van der Waals surface area contributed by atoms with Gasteiger partial charge in [0.15, 0.2) is 5.03 Å². The van der Waals surface area contributed by atoms with Crippen molar-refractivity contribution in [3.05, 3.63) is 46.9 Å². The summed E-state index contributed by atoms with van der Waals surface area (Å²) in [5.74, 6) is 0. The number of nitrogens with zero attached hydrogens (tertiary/aromatic N) is 2. The number of anilines is 1. The smallest absolute Gasteiger partial charge is 0.307 e. The molecule has 2 aromatic rings. The van der Waals surface area contributed by atoms with E-state index in [0.29, 0.717) is 0 Å². The Morgan fingerprint density at radius 1 is 1.00 bits per heavy atom. The normalized spacial score (nSPS) is 15.5. The van der Waals surface area contributed by atoms with Crippen LogP contribution < -0.4 is 10.0 Å². The Kier molecular flexibility index (Phi) is 3.91. The van der Waals surface area contributed by atoms with Gasteiger partial charge >= 0.3 is 6.03 Å². The third-order valence-electron chi connectivity index (χ3n) is 4.75. The summed E-state index contributed by atoms with van der Waals surface area (Å²) in [7, 11) is -4.04. The highest BCUT2D eigenvalue weighted by Gasteiger charge is 2.26. The van der Waals surface area contributed by atoms with Crippen molar-refractivity contribution in [1.29, 1.82) is 0 Å². The van der Waals surface area contributed by atoms with Crippen molar-refractivity contribution in [2.45, 2.75) is 43.6 Å². The van der Waals surface area contributed by atoms with E-state index in [1.54, 1.807) is 0 Å². The number of carbonyl (C=O) groups is 1. The van der Waals surface area contributed by atoms with Crippen molar-refractivity contribution in [1.82, 2.24) is 14.7 Å². The summed E-state index contributed by atoms with van der Waals surface area (Å²) in [6, 6.07) is 1.49. The van der Waals surface area contributed by atoms with Crippen LogP contribution in [-0.2, 0) is 35.7 Å². The molecule has 0 fully saturated rings. The highest BCUT2D eigenvalue weighted by atomic mass is 32.2. The summed E-state index contributed by atoms with van der Waals surface area (Å²) in [5, 5.41) is 2.51. The van der Waals surface area contributed by atoms with Crippen molar-refractivity contribution in [2.75, 3.05) is 5.32 Å². The Bertz CT molecular complexity index is 910. The number of aryl methyl sites for hydroxylation is 2. The van der Waals surface area contributed by atoms with Gasteiger partial charge in [0, 0.05) is 18.1 Å². The fraction of sp³-hybridized carbons (Fsp3) is 0.353. The van der Waals surface area contributed by atoms with Crippen molar-refractivity contribution in [2.24, 2.45) is 0 Å². The van der Waals surface area contributed by atoms with Crippen LogP contribution >= 0.6 is 0 Å². The number of benzene rings is 1. The average Bonchev–Trinajstić information content (AvgIpc) is 3.24. The van der Waals surface area contributed by atoms with Crippen LogP contribution in [-0.4, -0.2) is 24.4 Å². The van der Waals surface area contributed by atoms with Gasteiger partial charge in [-0.25, -0.2) is 14.5 Å². The number of amides is 2. The predicted molar refractivity (Wildman–Crippen MR) is 91.9 cm³/mol. The first kappa shape index (κ1) is 16.0. The van der Waals surface area contributed by atoms with Gasteiger partial charge in [-0.1, -0.05) is 6.07 Å². The fourth-order valence-corrected chi connectivity index (χ4v) is 4.50. The molecule has 8 heteroatoms. The summed E-state index contributed by atoms with van der Waals surface area (Å²) in [6.45, 7) is 0. The Balaban J connectivity index is 1.60. The molecule has 0 spiro atoms. The van der Waals surface area contributed by atoms with Crippen LogP contribution in [0.15, 0.2) is 29.7 Å². The van der Waals surface area contributed by atoms with Gasteiger partial charge in [-0.3, -0.25) is 4.98 Å². The Morgan fingerprint density at radius 2 is 1.68 bits per heavy atom. The lowest BCUT2D eigenvalue weighted by Crippen LogP contribution is -2.35. The second-order valence-electron chi connectivity index (χ2n) is 6.34. The molecule has 0 bridgehead atoms. The lowest BCUT2D eigenvalue weighted by molar-refractivity contribution is 0.256. The van der Waals surface area contributed by atoms with Crippen LogP contribution in [0.2, 0.25) is 0 Å². The molecule has 2 amide bonds. The number of carbonyl (C=O) groups excluding carboxylic acids is 1. The van der Waals surface area contributed by atoms with E-state index in [9.17, 15) is 13.2 Å². The van der Waals surface area contributed by atoms with Gasteiger partial charge in [-0.15, -0.1) is 0 Å². The number of sulfonamides is 1. The summed E-state index contributed by atoms with van der Waals surface area (Å²) in [5.41, 5.74) is 5.63. The van der Waals surface area contributed by atoms with Gasteiger partial charge in [0.25, 0.3) is 10.0 Å². The molecule has 7 nitrogen and oxygen atoms in total. The first-order chi connectivity index (χ1) is 12.0. The van der Waals surface area contributed by atoms with Gasteiger partial charge in [0.05, 0.1) is 6.20 Å². The topological polar surface area (TPSA) is 101 Å². The minimum atomic E-state index is -4.04. The van der Waals surface area contributed by atoms with Gasteiger partial charge in [-0.05, 0) is 60.8 Å². The quantitative estimate of drug-likeness (QED) is 0.873. The van der Waals surface area contributed by atoms with E-state index in [2.05, 4.69) is 21.4 Å². The largest absolute Gasteiger partial charge is 0.333 e. The van der Waals surface area contributed by atoms with Crippen molar-refractivity contribution in [3.63, 3.8) is 0 Å². The zero-order chi connectivity index (χ0) is 17.4. The minimum Gasteiger partial charge on any atom is -0.307 e. The summed E-state index contributed by atoms with van der Waals surface area (Å²) >= 11 is 0. The number of aromatic nitrogens is 2. The summed E-state index contributed by atoms with van der Waals surface area (Å²) in [6.07, 6.45) is 9.71. The maximum absolute atomic E-state index is 12.4. The molecular formula is C17H18N4O3S. The standard InChI is InChI=1S/C17H18N4O3S/c22-17(21-25(23,24)15-10-18-7-8-19-15)20-16-13-5-1-3-11(13)9-12-4-2-6-14(12)16/h7-10H,1-6H2,(H2,20,21,22). The molecule has 2 N–H and O–H groups in total. The summed E-state index contributed by atoms with van der Waals surface area (Å²) in [4.78, 5) is 19.8. The number of hydrogen-bond acceptors (Lipinski definition) is 5. The molecule has 0 atom stereocenters. The van der Waals surface area contributed by atoms with Crippen molar-refractivity contribution < 1.29 is 13.2 Å². The molecule has 0 unspecified atom stereocenters. The van der Waals surface area contributed by atoms with Gasteiger partial charge in [0.1, 0.15) is 0 Å². The van der Waals surface area contributed by atoms with Crippen LogP contribution in [0.25, 0.3) is 0 Å². The average molecular weight is 358 g/mol. The monoisotopic (exact) mass is 358 g/mol. The van der Waals surface area contributed by atoms with E-state index in [1.807, 2.05) is 4.72 Å². The SMILES string of the molecule is O=C(Nc1c2c(cc3c1CCC3)CCC2)NS(=O)(=O)c1cnccn1. The van der Waals surface area contributed by atoms with E-state index in [-0.39, 0.29) is 5.03 Å². The molecule has 0 saturated carbocycles. The van der Waals surface area contributed by atoms with E-state index >= 15 is 0 Å². The lowest BCUT2D eigenvalue weighted by atomic mass is 9.99. The third-order valence-corrected chi connectivity index (χ3v) is 5.97. The van der Waals surface area contributed by atoms with Crippen LogP contribution in [0, 0.1) is 0 Å². The number of hydrogen-bond donors (Lipinski definition) is 2. The number of nitrogens with one attached hydrogen (secondary N) is 2. The Morgan fingerprint density at radius 3 is 2.28 bits per heavy atom. The van der Waals surface area contributed by atoms with Crippen molar-refractivity contribution >= 4 is 21.7 Å². The fourth-order valence-electron chi connectivity index (χ4n) is 3.70. The maximum Gasteiger partial charge on any atom is 0.333 e. The molecule has 4 rings (SSSR count). The lowest BCUT2D eigenvalue weighted by Gasteiger charge is -2.16. The molecule has 1 aromatic heterocycles. The van der Waals surface area contributed by atoms with E-state index < -0.39 is 16.1 Å². The van der Waals surface area contributed by atoms with Crippen LogP contribution in [0.1, 0.15) is 35.1 Å². The molecule has 130 valence electrons. The molecule has 25 heavy (non-hydrogen) atoms. The van der Waals surface area contributed by atoms with Crippen LogP contribution in [0.3, 0.4) is 0 Å². The number of rotatable bonds is 3. The number of urea groups is 1. The zero-order valence-electron chi connectivity index (χ0n) is 13.6. The Hall–Kier alpha value is -2.48. The number of fused-ring (bicyclic) bond motifs is 2. The van der Waals surface area contributed by atoms with E-state index in [0.717, 1.165) is 61.5 Å². The van der Waals surface area contributed by atoms with Crippen LogP contribution in [0.4, 0.5) is 10.5 Å². The highest BCUT2D eigenvalue weighted by Crippen LogP contribution is 2.38. The molecule has 0 aliphatic heterocycles. The minimum absolute atomic E-state index is 0.284. The second-order valence-corrected chi connectivity index (χ2v) is 7.97. The van der Waals surface area contributed by atoms with E-state index in [1.165, 1.54) is 23.5 Å². The molecule has 2 aliphatic rings. The third kappa shape index (κ3) is 2.97. The van der Waals surface area contributed by atoms with Gasteiger partial charge in [0.2, 0.25) is 0 Å². The molecule has 2 aliphatic carbocycles. The summed E-state index contributed by atoms with van der Waals surface area (Å²) < 4.78 is 26.5. The van der Waals surface area contributed by atoms with Crippen molar-refractivity contribution in [3.8, 4) is 0 Å². The first-order valence-electron chi connectivity index (χ1n) is 8.31. The maximum atomic E-state index is 12.4. The molecular weight excluding hydrogens is 340 g/mol. The molecule has 0 radical (unpaired) electrons.